The summed E-state index contributed by atoms with van der Waals surface area (Å²) in [7, 11) is 0. The molecule has 0 unspecified atom stereocenters. The van der Waals surface area contributed by atoms with Gasteiger partial charge in [-0.3, -0.25) is 4.79 Å². The van der Waals surface area contributed by atoms with Gasteiger partial charge in [-0.2, -0.15) is 0 Å². The fraction of sp³-hybridized carbons (Fsp3) is 0.421. The van der Waals surface area contributed by atoms with Crippen LogP contribution < -0.4 is 5.32 Å². The monoisotopic (exact) mass is 347 g/mol. The molecule has 0 aliphatic heterocycles. The van der Waals surface area contributed by atoms with Crippen LogP contribution >= 0.6 is 11.3 Å². The van der Waals surface area contributed by atoms with Gasteiger partial charge in [-0.1, -0.05) is 25.0 Å². The van der Waals surface area contributed by atoms with Gasteiger partial charge in [0, 0.05) is 21.7 Å². The predicted molar refractivity (Wildman–Crippen MR) is 93.8 cm³/mol. The van der Waals surface area contributed by atoms with Gasteiger partial charge in [0.1, 0.15) is 5.82 Å². The summed E-state index contributed by atoms with van der Waals surface area (Å²) in [6.45, 7) is 2.26. The molecule has 3 nitrogen and oxygen atoms in total. The molecular formula is C19H22FNO2S. The second-order valence-electron chi connectivity index (χ2n) is 6.53. The topological polar surface area (TPSA) is 49.3 Å². The van der Waals surface area contributed by atoms with E-state index in [0.717, 1.165) is 30.6 Å². The maximum Gasteiger partial charge on any atom is 0.254 e. The first kappa shape index (κ1) is 17.1. The van der Waals surface area contributed by atoms with Crippen molar-refractivity contribution in [3.05, 3.63) is 57.5 Å². The van der Waals surface area contributed by atoms with Crippen LogP contribution in [0.25, 0.3) is 0 Å². The highest BCUT2D eigenvalue weighted by atomic mass is 32.1. The molecule has 0 bridgehead atoms. The molecule has 1 aromatic carbocycles. The largest absolute Gasteiger partial charge is 0.388 e. The number of carbonyl (C=O) groups is 1. The second kappa shape index (κ2) is 7.03. The molecule has 1 aromatic heterocycles. The van der Waals surface area contributed by atoms with Crippen LogP contribution in [0.3, 0.4) is 0 Å². The smallest absolute Gasteiger partial charge is 0.254 e. The van der Waals surface area contributed by atoms with Crippen LogP contribution in [0.2, 0.25) is 0 Å². The number of carbonyl (C=O) groups excluding carboxylic acids is 1. The van der Waals surface area contributed by atoms with E-state index < -0.39 is 11.9 Å². The Kier molecular flexibility index (Phi) is 5.01. The first-order valence-electron chi connectivity index (χ1n) is 8.33. The van der Waals surface area contributed by atoms with E-state index in [2.05, 4.69) is 11.4 Å². The molecule has 5 heteroatoms. The molecule has 1 atom stereocenters. The van der Waals surface area contributed by atoms with Gasteiger partial charge in [0.05, 0.1) is 11.7 Å². The number of rotatable bonds is 5. The average molecular weight is 347 g/mol. The van der Waals surface area contributed by atoms with Crippen LogP contribution in [0, 0.1) is 5.82 Å². The number of amides is 1. The fourth-order valence-electron chi connectivity index (χ4n) is 3.41. The highest BCUT2D eigenvalue weighted by Crippen LogP contribution is 2.44. The van der Waals surface area contributed by atoms with Crippen molar-refractivity contribution in [3.8, 4) is 0 Å². The van der Waals surface area contributed by atoms with Gasteiger partial charge < -0.3 is 10.4 Å². The van der Waals surface area contributed by atoms with Crippen LogP contribution in [-0.2, 0) is 5.41 Å². The van der Waals surface area contributed by atoms with Crippen molar-refractivity contribution < 1.29 is 14.3 Å². The minimum Gasteiger partial charge on any atom is -0.388 e. The number of thiophene rings is 1. The third kappa shape index (κ3) is 3.37. The number of hydrogen-bond acceptors (Lipinski definition) is 3. The molecule has 0 spiro atoms. The molecule has 1 fully saturated rings. The van der Waals surface area contributed by atoms with Gasteiger partial charge in [0.25, 0.3) is 5.91 Å². The van der Waals surface area contributed by atoms with Gasteiger partial charge in [0.2, 0.25) is 0 Å². The third-order valence-electron chi connectivity index (χ3n) is 4.83. The highest BCUT2D eigenvalue weighted by Gasteiger charge is 2.37. The number of aliphatic hydroxyl groups is 1. The Morgan fingerprint density at radius 3 is 2.62 bits per heavy atom. The number of aliphatic hydroxyl groups excluding tert-OH is 1. The van der Waals surface area contributed by atoms with Crippen molar-refractivity contribution in [2.24, 2.45) is 0 Å². The van der Waals surface area contributed by atoms with E-state index in [1.54, 1.807) is 30.4 Å². The lowest BCUT2D eigenvalue weighted by molar-refractivity contribution is 0.0939. The van der Waals surface area contributed by atoms with Crippen molar-refractivity contribution in [3.63, 3.8) is 0 Å². The van der Waals surface area contributed by atoms with Crippen molar-refractivity contribution in [2.75, 3.05) is 6.54 Å². The van der Waals surface area contributed by atoms with E-state index in [4.69, 9.17) is 0 Å². The quantitative estimate of drug-likeness (QED) is 0.852. The van der Waals surface area contributed by atoms with E-state index in [1.165, 1.54) is 17.0 Å². The summed E-state index contributed by atoms with van der Waals surface area (Å²) in [5.41, 5.74) is -0.0138. The van der Waals surface area contributed by atoms with E-state index in [0.29, 0.717) is 6.54 Å². The standard InChI is InChI=1S/C19H22FNO2S/c1-13(22)16-8-9-17(24-16)19(10-4-5-11-19)12-21-18(23)14-6-2-3-7-15(14)20/h2-3,6-9,13,22H,4-5,10-12H2,1H3,(H,21,23)/t13-/m0/s1. The molecule has 3 rings (SSSR count). The van der Waals surface area contributed by atoms with Crippen molar-refractivity contribution >= 4 is 17.2 Å². The molecule has 2 N–H and O–H groups in total. The Morgan fingerprint density at radius 2 is 2.00 bits per heavy atom. The van der Waals surface area contributed by atoms with Gasteiger partial charge in [-0.25, -0.2) is 4.39 Å². The first-order valence-corrected chi connectivity index (χ1v) is 9.14. The van der Waals surface area contributed by atoms with E-state index in [-0.39, 0.29) is 16.9 Å². The van der Waals surface area contributed by atoms with Crippen LogP contribution in [0.15, 0.2) is 36.4 Å². The van der Waals surface area contributed by atoms with Gasteiger partial charge in [-0.15, -0.1) is 11.3 Å². The van der Waals surface area contributed by atoms with Crippen molar-refractivity contribution in [1.29, 1.82) is 0 Å². The fourth-order valence-corrected chi connectivity index (χ4v) is 4.60. The van der Waals surface area contributed by atoms with Crippen molar-refractivity contribution in [1.82, 2.24) is 5.32 Å². The minimum atomic E-state index is -0.497. The predicted octanol–water partition coefficient (Wildman–Crippen LogP) is 4.18. The molecule has 1 heterocycles. The summed E-state index contributed by atoms with van der Waals surface area (Å²) in [5.74, 6) is -0.866. The summed E-state index contributed by atoms with van der Waals surface area (Å²) < 4.78 is 13.8. The minimum absolute atomic E-state index is 0.0847. The number of benzene rings is 1. The number of hydrogen-bond donors (Lipinski definition) is 2. The Balaban J connectivity index is 1.77. The molecule has 1 aliphatic rings. The lowest BCUT2D eigenvalue weighted by Crippen LogP contribution is -2.38. The Labute approximate surface area is 145 Å². The van der Waals surface area contributed by atoms with Crippen LogP contribution in [-0.4, -0.2) is 17.6 Å². The molecule has 1 aliphatic carbocycles. The van der Waals surface area contributed by atoms with Gasteiger partial charge >= 0.3 is 0 Å². The summed E-state index contributed by atoms with van der Waals surface area (Å²) in [6.07, 6.45) is 3.78. The highest BCUT2D eigenvalue weighted by molar-refractivity contribution is 7.12. The molecule has 1 saturated carbocycles. The van der Waals surface area contributed by atoms with Crippen LogP contribution in [0.1, 0.15) is 58.8 Å². The van der Waals surface area contributed by atoms with E-state index in [1.807, 2.05) is 6.07 Å². The zero-order valence-corrected chi connectivity index (χ0v) is 14.5. The molecule has 24 heavy (non-hydrogen) atoms. The SMILES string of the molecule is C[C@H](O)c1ccc(C2(CNC(=O)c3ccccc3F)CCCC2)s1. The van der Waals surface area contributed by atoms with Crippen LogP contribution in [0.4, 0.5) is 4.39 Å². The molecule has 0 saturated heterocycles. The zero-order chi connectivity index (χ0) is 17.2. The summed E-state index contributed by atoms with van der Waals surface area (Å²) in [4.78, 5) is 14.5. The molecule has 1 amide bonds. The van der Waals surface area contributed by atoms with Gasteiger partial charge in [0.15, 0.2) is 0 Å². The Hall–Kier alpha value is -1.72. The molecular weight excluding hydrogens is 325 g/mol. The first-order chi connectivity index (χ1) is 11.5. The summed E-state index contributed by atoms with van der Waals surface area (Å²) >= 11 is 1.61. The normalized spacial score (nSPS) is 17.6. The number of halogens is 1. The summed E-state index contributed by atoms with van der Waals surface area (Å²) in [5, 5.41) is 12.7. The molecule has 0 radical (unpaired) electrons. The molecule has 128 valence electrons. The lowest BCUT2D eigenvalue weighted by atomic mass is 9.84. The van der Waals surface area contributed by atoms with E-state index >= 15 is 0 Å². The maximum atomic E-state index is 13.8. The maximum absolute atomic E-state index is 13.8. The Morgan fingerprint density at radius 1 is 1.29 bits per heavy atom. The van der Waals surface area contributed by atoms with Crippen molar-refractivity contribution in [2.45, 2.75) is 44.1 Å². The molecule has 2 aromatic rings. The second-order valence-corrected chi connectivity index (χ2v) is 7.64. The van der Waals surface area contributed by atoms with Gasteiger partial charge in [-0.05, 0) is 44.0 Å². The Bertz CT molecular complexity index is 720. The third-order valence-corrected chi connectivity index (χ3v) is 6.33. The lowest BCUT2D eigenvalue weighted by Gasteiger charge is -2.28. The zero-order valence-electron chi connectivity index (χ0n) is 13.7. The average Bonchev–Trinajstić information content (AvgIpc) is 3.23. The number of nitrogens with one attached hydrogen (secondary N) is 1. The van der Waals surface area contributed by atoms with E-state index in [9.17, 15) is 14.3 Å². The summed E-state index contributed by atoms with van der Waals surface area (Å²) in [6, 6.07) is 10.1. The van der Waals surface area contributed by atoms with Crippen LogP contribution in [0.5, 0.6) is 0 Å².